The van der Waals surface area contributed by atoms with Crippen molar-refractivity contribution in [3.63, 3.8) is 0 Å². The largest absolute Gasteiger partial charge is 0.431 e. The average molecular weight is 699 g/mol. The first-order valence-corrected chi connectivity index (χ1v) is 18.6. The molecule has 2 saturated heterocycles. The molecule has 0 amide bonds. The summed E-state index contributed by atoms with van der Waals surface area (Å²) in [5.41, 5.74) is 0.861. The van der Waals surface area contributed by atoms with Crippen molar-refractivity contribution in [3.8, 4) is 0 Å². The first kappa shape index (κ1) is 35.7. The van der Waals surface area contributed by atoms with Gasteiger partial charge in [-0.05, 0) is 99.5 Å². The summed E-state index contributed by atoms with van der Waals surface area (Å²) in [4.78, 5) is 11.7. The molecule has 1 aromatic heterocycles. The molecule has 5 N–H and O–H groups in total. The number of hydrogen-bond acceptors (Lipinski definition) is 11. The van der Waals surface area contributed by atoms with Crippen molar-refractivity contribution in [3.05, 3.63) is 46.0 Å². The van der Waals surface area contributed by atoms with Gasteiger partial charge in [0.15, 0.2) is 12.6 Å². The number of fused-ring (bicyclic) bond motifs is 5. The molecule has 284 valence electrons. The average Bonchev–Trinajstić information content (AvgIpc) is 3.36. The van der Waals surface area contributed by atoms with E-state index >= 15 is 0 Å². The van der Waals surface area contributed by atoms with Crippen LogP contribution in [0.25, 0.3) is 0 Å². The van der Waals surface area contributed by atoms with Crippen LogP contribution in [0.2, 0.25) is 0 Å². The molecule has 4 aliphatic carbocycles. The standard InChI is InChI=1S/C38H56O11.5H2/c1-6-27-29(40)30(41)31(42)34(48-27)49-33-19(2)20(3)46-35(32(33)43)47-23-11-14-36(4)22(17-23)8-9-26-25(36)12-15-37(5)24(13-16-38(26,37)44)21-7-10-28(39)45-18-21;;;;;/h7,10,17-20,23-27,29-35,40-44H,6,8-9,11-16H2,1-5H3;5*1H. The summed E-state index contributed by atoms with van der Waals surface area (Å²) < 4.78 is 29.9. The van der Waals surface area contributed by atoms with Gasteiger partial charge in [-0.2, -0.15) is 0 Å². The van der Waals surface area contributed by atoms with Crippen molar-refractivity contribution in [2.45, 2.75) is 165 Å². The van der Waals surface area contributed by atoms with Crippen LogP contribution in [-0.2, 0) is 18.9 Å². The Morgan fingerprint density at radius 3 is 2.35 bits per heavy atom. The zero-order chi connectivity index (χ0) is 35.0. The van der Waals surface area contributed by atoms with E-state index in [2.05, 4.69) is 19.9 Å². The number of hydrogen-bond donors (Lipinski definition) is 5. The van der Waals surface area contributed by atoms with Crippen molar-refractivity contribution in [1.82, 2.24) is 0 Å². The Bertz CT molecular complexity index is 1450. The number of aliphatic hydroxyl groups is 5. The van der Waals surface area contributed by atoms with Gasteiger partial charge in [0.25, 0.3) is 0 Å². The number of ether oxygens (including phenoxy) is 4. The van der Waals surface area contributed by atoms with E-state index in [9.17, 15) is 30.3 Å². The first-order valence-electron chi connectivity index (χ1n) is 18.6. The molecule has 5 fully saturated rings. The van der Waals surface area contributed by atoms with Crippen LogP contribution >= 0.6 is 0 Å². The normalized spacial score (nSPS) is 51.3. The fraction of sp³-hybridized carbons (Fsp3) is 0.816. The maximum atomic E-state index is 12.6. The van der Waals surface area contributed by atoms with Crippen molar-refractivity contribution < 1.29 is 56.0 Å². The van der Waals surface area contributed by atoms with Gasteiger partial charge in [0.05, 0.1) is 36.3 Å². The van der Waals surface area contributed by atoms with Crippen LogP contribution in [0, 0.1) is 28.6 Å². The molecule has 3 heterocycles. The second-order valence-corrected chi connectivity index (χ2v) is 16.5. The second kappa shape index (κ2) is 13.1. The lowest BCUT2D eigenvalue weighted by molar-refractivity contribution is -0.351. The molecule has 11 heteroatoms. The Balaban J connectivity index is 0.00000202. The quantitative estimate of drug-likeness (QED) is 0.260. The summed E-state index contributed by atoms with van der Waals surface area (Å²) in [5.74, 6) is 0.405. The Morgan fingerprint density at radius 2 is 1.63 bits per heavy atom. The van der Waals surface area contributed by atoms with Crippen LogP contribution in [0.15, 0.2) is 39.3 Å². The van der Waals surface area contributed by atoms with Gasteiger partial charge >= 0.3 is 5.63 Å². The predicted molar refractivity (Wildman–Crippen MR) is 188 cm³/mol. The molecule has 17 unspecified atom stereocenters. The molecule has 0 aromatic carbocycles. The van der Waals surface area contributed by atoms with E-state index < -0.39 is 54.8 Å². The van der Waals surface area contributed by atoms with Crippen LogP contribution in [0.4, 0.5) is 0 Å². The monoisotopic (exact) mass is 698 g/mol. The van der Waals surface area contributed by atoms with E-state index in [1.807, 2.05) is 26.8 Å². The highest BCUT2D eigenvalue weighted by molar-refractivity contribution is 5.31. The Hall–Kier alpha value is -1.67. The summed E-state index contributed by atoms with van der Waals surface area (Å²) >= 11 is 0. The van der Waals surface area contributed by atoms with E-state index in [1.54, 1.807) is 6.26 Å². The van der Waals surface area contributed by atoms with Gasteiger partial charge in [-0.25, -0.2) is 4.79 Å². The van der Waals surface area contributed by atoms with Crippen molar-refractivity contribution >= 4 is 0 Å². The molecule has 7 rings (SSSR count). The first-order chi connectivity index (χ1) is 23.2. The topological polar surface area (TPSA) is 168 Å². The molecule has 49 heavy (non-hydrogen) atoms. The van der Waals surface area contributed by atoms with E-state index in [4.69, 9.17) is 23.4 Å². The fourth-order valence-corrected chi connectivity index (χ4v) is 11.0. The molecular formula is C38H66O11. The van der Waals surface area contributed by atoms with Crippen molar-refractivity contribution in [2.75, 3.05) is 0 Å². The van der Waals surface area contributed by atoms with Crippen LogP contribution in [-0.4, -0.2) is 92.5 Å². The van der Waals surface area contributed by atoms with E-state index in [-0.39, 0.29) is 53.6 Å². The molecule has 6 aliphatic rings. The molecular weight excluding hydrogens is 632 g/mol. The highest BCUT2D eigenvalue weighted by Crippen LogP contribution is 2.70. The van der Waals surface area contributed by atoms with Gasteiger partial charge in [-0.3, -0.25) is 0 Å². The van der Waals surface area contributed by atoms with Crippen LogP contribution < -0.4 is 5.63 Å². The molecule has 0 radical (unpaired) electrons. The summed E-state index contributed by atoms with van der Waals surface area (Å²) in [7, 11) is 0. The van der Waals surface area contributed by atoms with Gasteiger partial charge in [0.2, 0.25) is 0 Å². The highest BCUT2D eigenvalue weighted by Gasteiger charge is 2.66. The molecule has 2 aliphatic heterocycles. The summed E-state index contributed by atoms with van der Waals surface area (Å²) in [6.07, 6.45) is 1.61. The van der Waals surface area contributed by atoms with Gasteiger partial charge in [-0.1, -0.05) is 39.3 Å². The smallest absolute Gasteiger partial charge is 0.335 e. The number of rotatable bonds is 6. The minimum absolute atomic E-state index is 0. The van der Waals surface area contributed by atoms with Gasteiger partial charge in [0.1, 0.15) is 24.4 Å². The van der Waals surface area contributed by atoms with E-state index in [0.717, 1.165) is 56.9 Å². The number of aliphatic hydroxyl groups excluding tert-OH is 4. The SMILES string of the molecule is CCC1OC(OC2C(C)C(C)OC(OC3C=C4CCC5C(CCC6(C)C(c7ccc(=O)oc7)CCC56O)C4(C)CC3)C2O)C(O)C(O)C1O.[HH].[HH].[HH].[HH].[HH]. The second-order valence-electron chi connectivity index (χ2n) is 16.5. The molecule has 11 nitrogen and oxygen atoms in total. The van der Waals surface area contributed by atoms with E-state index in [1.165, 1.54) is 11.6 Å². The third kappa shape index (κ3) is 5.70. The van der Waals surface area contributed by atoms with Crippen molar-refractivity contribution in [2.24, 2.45) is 28.6 Å². The minimum atomic E-state index is -1.47. The van der Waals surface area contributed by atoms with Gasteiger partial charge in [0, 0.05) is 24.5 Å². The van der Waals surface area contributed by atoms with Crippen LogP contribution in [0.5, 0.6) is 0 Å². The Morgan fingerprint density at radius 1 is 0.878 bits per heavy atom. The lowest BCUT2D eigenvalue weighted by atomic mass is 9.45. The van der Waals surface area contributed by atoms with Crippen molar-refractivity contribution in [1.29, 1.82) is 0 Å². The lowest BCUT2D eigenvalue weighted by Gasteiger charge is -2.62. The molecule has 3 saturated carbocycles. The third-order valence-corrected chi connectivity index (χ3v) is 14.3. The number of allylic oxidation sites excluding steroid dienone is 1. The van der Waals surface area contributed by atoms with Crippen LogP contribution in [0.3, 0.4) is 0 Å². The highest BCUT2D eigenvalue weighted by atomic mass is 16.7. The summed E-state index contributed by atoms with van der Waals surface area (Å²) in [6.45, 7) is 10.2. The summed E-state index contributed by atoms with van der Waals surface area (Å²) in [5, 5.41) is 55.4. The van der Waals surface area contributed by atoms with Gasteiger partial charge < -0.3 is 48.9 Å². The fourth-order valence-electron chi connectivity index (χ4n) is 11.0. The predicted octanol–water partition coefficient (Wildman–Crippen LogP) is 4.76. The molecule has 0 bridgehead atoms. The van der Waals surface area contributed by atoms with E-state index in [0.29, 0.717) is 12.3 Å². The zero-order valence-corrected chi connectivity index (χ0v) is 29.4. The third-order valence-electron chi connectivity index (χ3n) is 14.3. The molecule has 0 spiro atoms. The molecule has 17 atom stereocenters. The zero-order valence-electron chi connectivity index (χ0n) is 29.4. The minimum Gasteiger partial charge on any atom is -0.431 e. The Labute approximate surface area is 296 Å². The van der Waals surface area contributed by atoms with Crippen LogP contribution in [0.1, 0.15) is 111 Å². The molecule has 1 aromatic rings. The summed E-state index contributed by atoms with van der Waals surface area (Å²) in [6, 6.07) is 3.36. The van der Waals surface area contributed by atoms with Gasteiger partial charge in [-0.15, -0.1) is 0 Å². The lowest BCUT2D eigenvalue weighted by Crippen LogP contribution is -2.62. The maximum Gasteiger partial charge on any atom is 0.335 e. The Kier molecular flexibility index (Phi) is 9.53. The maximum absolute atomic E-state index is 12.6.